The van der Waals surface area contributed by atoms with Crippen LogP contribution in [0.2, 0.25) is 0 Å². The summed E-state index contributed by atoms with van der Waals surface area (Å²) in [5.41, 5.74) is 2.16. The van der Waals surface area contributed by atoms with E-state index in [1.807, 2.05) is 54.6 Å². The molecule has 0 unspecified atom stereocenters. The minimum absolute atomic E-state index is 0.256. The lowest BCUT2D eigenvalue weighted by Crippen LogP contribution is -2.17. The number of carbonyl (C=O) groups excluding carboxylic acids is 1. The Hall–Kier alpha value is -3.12. The molecule has 0 spiro atoms. The predicted octanol–water partition coefficient (Wildman–Crippen LogP) is 5.15. The van der Waals surface area contributed by atoms with Crippen LogP contribution in [0, 0.1) is 5.41 Å². The van der Waals surface area contributed by atoms with Crippen molar-refractivity contribution in [2.45, 2.75) is 13.2 Å². The van der Waals surface area contributed by atoms with Crippen LogP contribution in [0.15, 0.2) is 77.3 Å². The summed E-state index contributed by atoms with van der Waals surface area (Å²) in [6, 6.07) is 22.8. The number of hydrogen-bond acceptors (Lipinski definition) is 5. The van der Waals surface area contributed by atoms with Crippen molar-refractivity contribution in [2.75, 3.05) is 7.11 Å². The van der Waals surface area contributed by atoms with Crippen LogP contribution in [0.25, 0.3) is 0 Å². The molecule has 0 amide bonds. The first kappa shape index (κ1) is 20.6. The maximum atomic E-state index is 11.7. The summed E-state index contributed by atoms with van der Waals surface area (Å²) in [5, 5.41) is 8.01. The highest BCUT2D eigenvalue weighted by Crippen LogP contribution is 2.25. The number of esters is 1. The highest BCUT2D eigenvalue weighted by Gasteiger charge is 2.17. The van der Waals surface area contributed by atoms with Gasteiger partial charge >= 0.3 is 5.97 Å². The third-order valence-corrected chi connectivity index (χ3v) is 4.66. The summed E-state index contributed by atoms with van der Waals surface area (Å²) in [7, 11) is 1.25. The fourth-order valence-corrected chi connectivity index (χ4v) is 2.98. The van der Waals surface area contributed by atoms with E-state index in [4.69, 9.17) is 14.9 Å². The van der Waals surface area contributed by atoms with E-state index in [-0.39, 0.29) is 5.71 Å². The summed E-state index contributed by atoms with van der Waals surface area (Å²) < 4.78 is 17.0. The Morgan fingerprint density at radius 2 is 1.55 bits per heavy atom. The zero-order valence-electron chi connectivity index (χ0n) is 15.9. The summed E-state index contributed by atoms with van der Waals surface area (Å²) in [5.74, 6) is 0.496. The molecule has 0 heterocycles. The fraction of sp³-hybridized carbons (Fsp3) is 0.130. The molecule has 0 aromatic heterocycles. The molecule has 3 rings (SSSR count). The Kier molecular flexibility index (Phi) is 7.03. The van der Waals surface area contributed by atoms with Gasteiger partial charge in [0.2, 0.25) is 0 Å². The van der Waals surface area contributed by atoms with Gasteiger partial charge in [-0.1, -0.05) is 58.4 Å². The number of ether oxygens (including phenoxy) is 3. The minimum atomic E-state index is -0.715. The monoisotopic (exact) mass is 453 g/mol. The lowest BCUT2D eigenvalue weighted by Gasteiger charge is -2.13. The topological polar surface area (TPSA) is 68.6 Å². The van der Waals surface area contributed by atoms with E-state index in [9.17, 15) is 4.79 Å². The maximum absolute atomic E-state index is 11.7. The Morgan fingerprint density at radius 1 is 0.897 bits per heavy atom. The van der Waals surface area contributed by atoms with Gasteiger partial charge in [0.05, 0.1) is 12.7 Å². The summed E-state index contributed by atoms with van der Waals surface area (Å²) in [6.45, 7) is 0.802. The van der Waals surface area contributed by atoms with Crippen molar-refractivity contribution in [1.29, 1.82) is 5.41 Å². The van der Waals surface area contributed by atoms with E-state index in [0.717, 1.165) is 21.3 Å². The molecule has 3 aromatic rings. The first-order valence-electron chi connectivity index (χ1n) is 8.92. The third-order valence-electron chi connectivity index (χ3n) is 4.17. The molecule has 0 radical (unpaired) electrons. The van der Waals surface area contributed by atoms with E-state index in [1.54, 1.807) is 18.2 Å². The summed E-state index contributed by atoms with van der Waals surface area (Å²) in [6.07, 6.45) is 0. The molecule has 3 aromatic carbocycles. The Labute approximate surface area is 177 Å². The number of halogens is 1. The first-order valence-corrected chi connectivity index (χ1v) is 9.71. The van der Waals surface area contributed by atoms with Crippen molar-refractivity contribution in [2.24, 2.45) is 0 Å². The van der Waals surface area contributed by atoms with Crippen molar-refractivity contribution in [3.05, 3.63) is 94.0 Å². The van der Waals surface area contributed by atoms with Crippen molar-refractivity contribution in [3.8, 4) is 11.5 Å². The molecule has 5 nitrogen and oxygen atoms in total. The van der Waals surface area contributed by atoms with Crippen LogP contribution in [-0.4, -0.2) is 18.8 Å². The van der Waals surface area contributed by atoms with E-state index >= 15 is 0 Å². The van der Waals surface area contributed by atoms with Crippen LogP contribution in [-0.2, 0) is 22.7 Å². The number of methoxy groups -OCH3 is 1. The Morgan fingerprint density at radius 3 is 2.24 bits per heavy atom. The van der Waals surface area contributed by atoms with Gasteiger partial charge in [0, 0.05) is 4.47 Å². The molecule has 0 aliphatic heterocycles. The van der Waals surface area contributed by atoms with Crippen molar-refractivity contribution < 1.29 is 19.0 Å². The second kappa shape index (κ2) is 9.89. The Bertz CT molecular complexity index is 988. The zero-order valence-corrected chi connectivity index (χ0v) is 17.4. The molecule has 1 N–H and O–H groups in total. The fourth-order valence-electron chi connectivity index (χ4n) is 2.62. The molecule has 6 heteroatoms. The third kappa shape index (κ3) is 5.68. The van der Waals surface area contributed by atoms with Crippen LogP contribution < -0.4 is 9.47 Å². The number of nitrogens with one attached hydrogen (secondary N) is 1. The van der Waals surface area contributed by atoms with E-state index in [2.05, 4.69) is 20.7 Å². The maximum Gasteiger partial charge on any atom is 0.356 e. The lowest BCUT2D eigenvalue weighted by molar-refractivity contribution is -0.132. The normalized spacial score (nSPS) is 10.3. The smallest absolute Gasteiger partial charge is 0.356 e. The van der Waals surface area contributed by atoms with Gasteiger partial charge in [-0.25, -0.2) is 4.79 Å². The minimum Gasteiger partial charge on any atom is -0.489 e. The highest BCUT2D eigenvalue weighted by atomic mass is 79.9. The molecule has 29 heavy (non-hydrogen) atoms. The Balaban J connectivity index is 1.63. The molecule has 0 saturated carbocycles. The summed E-state index contributed by atoms with van der Waals surface area (Å²) in [4.78, 5) is 11.7. The molecule has 0 aliphatic carbocycles. The SMILES string of the molecule is COC(=O)C(=N)c1cc(Br)ccc1OCc1ccc(OCc2ccccc2)cc1. The van der Waals surface area contributed by atoms with Crippen molar-refractivity contribution >= 4 is 27.6 Å². The van der Waals surface area contributed by atoms with Crippen LogP contribution in [0.5, 0.6) is 11.5 Å². The molecular formula is C23H20BrNO4. The van der Waals surface area contributed by atoms with Crippen LogP contribution >= 0.6 is 15.9 Å². The number of rotatable bonds is 8. The van der Waals surface area contributed by atoms with Crippen LogP contribution in [0.4, 0.5) is 0 Å². The van der Waals surface area contributed by atoms with Crippen LogP contribution in [0.1, 0.15) is 16.7 Å². The molecule has 0 atom stereocenters. The number of carbonyl (C=O) groups is 1. The lowest BCUT2D eigenvalue weighted by atomic mass is 10.1. The number of hydrogen-bond donors (Lipinski definition) is 1. The van der Waals surface area contributed by atoms with Gasteiger partial charge < -0.3 is 14.2 Å². The molecule has 0 bridgehead atoms. The second-order valence-electron chi connectivity index (χ2n) is 6.21. The average Bonchev–Trinajstić information content (AvgIpc) is 2.77. The molecule has 0 fully saturated rings. The highest BCUT2D eigenvalue weighted by molar-refractivity contribution is 9.10. The molecular weight excluding hydrogens is 434 g/mol. The van der Waals surface area contributed by atoms with Gasteiger partial charge in [-0.05, 0) is 41.5 Å². The largest absolute Gasteiger partial charge is 0.489 e. The zero-order chi connectivity index (χ0) is 20.6. The quantitative estimate of drug-likeness (QED) is 0.378. The summed E-state index contributed by atoms with van der Waals surface area (Å²) >= 11 is 3.35. The van der Waals surface area contributed by atoms with E-state index < -0.39 is 5.97 Å². The second-order valence-corrected chi connectivity index (χ2v) is 7.13. The van der Waals surface area contributed by atoms with Gasteiger partial charge in [0.25, 0.3) is 0 Å². The molecule has 0 saturated heterocycles. The van der Waals surface area contributed by atoms with Gasteiger partial charge in [-0.15, -0.1) is 0 Å². The van der Waals surface area contributed by atoms with E-state index in [1.165, 1.54) is 7.11 Å². The molecule has 0 aliphatic rings. The van der Waals surface area contributed by atoms with Crippen molar-refractivity contribution in [1.82, 2.24) is 0 Å². The van der Waals surface area contributed by atoms with Gasteiger partial charge in [-0.3, -0.25) is 5.41 Å². The van der Waals surface area contributed by atoms with Crippen molar-refractivity contribution in [3.63, 3.8) is 0 Å². The first-order chi connectivity index (χ1) is 14.1. The number of benzene rings is 3. The molecule has 148 valence electrons. The standard InChI is InChI=1S/C23H20BrNO4/c1-27-23(26)22(25)20-13-18(24)9-12-21(20)29-15-17-7-10-19(11-8-17)28-14-16-5-3-2-4-6-16/h2-13,25H,14-15H2,1H3. The van der Waals surface area contributed by atoms with Gasteiger partial charge in [0.1, 0.15) is 24.7 Å². The average molecular weight is 454 g/mol. The van der Waals surface area contributed by atoms with Gasteiger partial charge in [0.15, 0.2) is 5.71 Å². The predicted molar refractivity (Wildman–Crippen MR) is 115 cm³/mol. The van der Waals surface area contributed by atoms with Crippen LogP contribution in [0.3, 0.4) is 0 Å². The van der Waals surface area contributed by atoms with E-state index in [0.29, 0.717) is 24.5 Å². The van der Waals surface area contributed by atoms with Gasteiger partial charge in [-0.2, -0.15) is 0 Å².